The molecule has 1 amide bonds. The van der Waals surface area contributed by atoms with E-state index in [1.807, 2.05) is 72.3 Å². The van der Waals surface area contributed by atoms with E-state index < -0.39 is 0 Å². The lowest BCUT2D eigenvalue weighted by Crippen LogP contribution is -2.42. The molecule has 3 aromatic carbocycles. The number of hydrogen-bond acceptors (Lipinski definition) is 4. The fourth-order valence-electron chi connectivity index (χ4n) is 4.50. The van der Waals surface area contributed by atoms with Gasteiger partial charge in [0, 0.05) is 11.1 Å². The number of amides is 1. The number of rotatable bonds is 4. The first-order valence-electron chi connectivity index (χ1n) is 10.6. The molecular weight excluding hydrogens is 400 g/mol. The molecule has 0 fully saturated rings. The molecule has 6 heteroatoms. The molecular formula is C26H24N4O2. The maximum absolute atomic E-state index is 13.8. The monoisotopic (exact) mass is 424 g/mol. The van der Waals surface area contributed by atoms with Crippen LogP contribution in [0.5, 0.6) is 5.75 Å². The van der Waals surface area contributed by atoms with Gasteiger partial charge in [-0.3, -0.25) is 9.69 Å². The van der Waals surface area contributed by atoms with Gasteiger partial charge in [0.2, 0.25) is 5.95 Å². The first kappa shape index (κ1) is 20.0. The van der Waals surface area contributed by atoms with E-state index in [9.17, 15) is 4.79 Å². The second kappa shape index (κ2) is 8.30. The van der Waals surface area contributed by atoms with Gasteiger partial charge in [-0.2, -0.15) is 10.1 Å². The Morgan fingerprint density at radius 1 is 0.969 bits per heavy atom. The second-order valence-electron chi connectivity index (χ2n) is 7.97. The summed E-state index contributed by atoms with van der Waals surface area (Å²) in [5.41, 5.74) is 3.75. The van der Waals surface area contributed by atoms with E-state index in [2.05, 4.69) is 28.3 Å². The highest BCUT2D eigenvalue weighted by atomic mass is 16.5. The number of benzene rings is 3. The summed E-state index contributed by atoms with van der Waals surface area (Å²) in [4.78, 5) is 20.1. The number of aromatic nitrogens is 3. The van der Waals surface area contributed by atoms with Gasteiger partial charge in [-0.1, -0.05) is 66.2 Å². The SMILES string of the molecule is COc1ccccc1[C@@H]1C[C@@H](c2ccccc2)N(C(=O)c2cccc(C)c2)c2ncnn21. The molecule has 2 atom stereocenters. The number of carbonyl (C=O) groups excluding carboxylic acids is 1. The van der Waals surface area contributed by atoms with Crippen LogP contribution >= 0.6 is 0 Å². The van der Waals surface area contributed by atoms with Crippen LogP contribution in [0.1, 0.15) is 45.6 Å². The van der Waals surface area contributed by atoms with E-state index in [1.165, 1.54) is 6.33 Å². The molecule has 1 aromatic heterocycles. The van der Waals surface area contributed by atoms with Gasteiger partial charge in [0.05, 0.1) is 19.2 Å². The van der Waals surface area contributed by atoms with Crippen molar-refractivity contribution in [1.82, 2.24) is 14.8 Å². The van der Waals surface area contributed by atoms with Crippen LogP contribution in [0.2, 0.25) is 0 Å². The Morgan fingerprint density at radius 3 is 2.53 bits per heavy atom. The van der Waals surface area contributed by atoms with E-state index in [-0.39, 0.29) is 18.0 Å². The van der Waals surface area contributed by atoms with Crippen molar-refractivity contribution in [3.63, 3.8) is 0 Å². The molecule has 1 aliphatic rings. The number of ether oxygens (including phenoxy) is 1. The molecule has 0 bridgehead atoms. The molecule has 0 unspecified atom stereocenters. The van der Waals surface area contributed by atoms with E-state index in [1.54, 1.807) is 12.0 Å². The summed E-state index contributed by atoms with van der Waals surface area (Å²) in [7, 11) is 1.67. The number of aryl methyl sites for hydroxylation is 1. The normalized spacial score (nSPS) is 17.6. The Labute approximate surface area is 187 Å². The van der Waals surface area contributed by atoms with Gasteiger partial charge in [-0.05, 0) is 37.1 Å². The van der Waals surface area contributed by atoms with E-state index >= 15 is 0 Å². The third-order valence-corrected chi connectivity index (χ3v) is 5.99. The molecule has 160 valence electrons. The average Bonchev–Trinajstić information content (AvgIpc) is 3.33. The molecule has 0 aliphatic carbocycles. The van der Waals surface area contributed by atoms with Gasteiger partial charge in [0.1, 0.15) is 12.1 Å². The maximum Gasteiger partial charge on any atom is 0.261 e. The topological polar surface area (TPSA) is 60.2 Å². The van der Waals surface area contributed by atoms with Crippen LogP contribution in [0.4, 0.5) is 5.95 Å². The van der Waals surface area contributed by atoms with Gasteiger partial charge >= 0.3 is 0 Å². The lowest BCUT2D eigenvalue weighted by molar-refractivity contribution is 0.0963. The number of fused-ring (bicyclic) bond motifs is 1. The van der Waals surface area contributed by atoms with Crippen molar-refractivity contribution >= 4 is 11.9 Å². The minimum Gasteiger partial charge on any atom is -0.496 e. The zero-order valence-corrected chi connectivity index (χ0v) is 18.1. The Kier molecular flexibility index (Phi) is 5.19. The number of hydrogen-bond donors (Lipinski definition) is 0. The molecule has 0 N–H and O–H groups in total. The molecule has 32 heavy (non-hydrogen) atoms. The molecule has 4 aromatic rings. The first-order chi connectivity index (χ1) is 15.7. The van der Waals surface area contributed by atoms with Gasteiger partial charge in [-0.25, -0.2) is 4.68 Å². The Balaban J connectivity index is 1.67. The maximum atomic E-state index is 13.8. The average molecular weight is 425 g/mol. The zero-order chi connectivity index (χ0) is 22.1. The van der Waals surface area contributed by atoms with Crippen LogP contribution in [0, 0.1) is 6.92 Å². The van der Waals surface area contributed by atoms with Crippen molar-refractivity contribution in [3.05, 3.63) is 107 Å². The number of nitrogens with zero attached hydrogens (tertiary/aromatic N) is 4. The molecule has 0 saturated heterocycles. The highest BCUT2D eigenvalue weighted by molar-refractivity contribution is 6.06. The van der Waals surface area contributed by atoms with E-state index in [0.29, 0.717) is 17.9 Å². The Hall–Kier alpha value is -3.93. The van der Waals surface area contributed by atoms with Crippen molar-refractivity contribution < 1.29 is 9.53 Å². The summed E-state index contributed by atoms with van der Waals surface area (Å²) < 4.78 is 7.48. The summed E-state index contributed by atoms with van der Waals surface area (Å²) >= 11 is 0. The first-order valence-corrected chi connectivity index (χ1v) is 10.6. The minimum atomic E-state index is -0.198. The van der Waals surface area contributed by atoms with Gasteiger partial charge in [0.15, 0.2) is 0 Å². The second-order valence-corrected chi connectivity index (χ2v) is 7.97. The van der Waals surface area contributed by atoms with Crippen LogP contribution in [0.3, 0.4) is 0 Å². The predicted octanol–water partition coefficient (Wildman–Crippen LogP) is 4.98. The van der Waals surface area contributed by atoms with E-state index in [4.69, 9.17) is 4.74 Å². The Bertz CT molecular complexity index is 1250. The van der Waals surface area contributed by atoms with Gasteiger partial charge in [0.25, 0.3) is 5.91 Å². The van der Waals surface area contributed by atoms with Crippen molar-refractivity contribution in [2.24, 2.45) is 0 Å². The summed E-state index contributed by atoms with van der Waals surface area (Å²) in [6.07, 6.45) is 2.17. The van der Waals surface area contributed by atoms with Crippen molar-refractivity contribution in [2.75, 3.05) is 12.0 Å². The lowest BCUT2D eigenvalue weighted by Gasteiger charge is -2.39. The summed E-state index contributed by atoms with van der Waals surface area (Å²) in [5, 5.41) is 4.52. The van der Waals surface area contributed by atoms with Crippen molar-refractivity contribution in [3.8, 4) is 5.75 Å². The van der Waals surface area contributed by atoms with Crippen LogP contribution in [0.15, 0.2) is 85.2 Å². The third kappa shape index (κ3) is 3.43. The smallest absolute Gasteiger partial charge is 0.261 e. The Morgan fingerprint density at radius 2 is 1.75 bits per heavy atom. The standard InChI is InChI=1S/C26H24N4O2/c1-18-9-8-12-20(15-18)25(31)29-22(19-10-4-3-5-11-19)16-23(30-26(29)27-17-28-30)21-13-6-7-14-24(21)32-2/h3-15,17,22-23H,16H2,1-2H3/t22-,23-/m0/s1. The molecule has 0 radical (unpaired) electrons. The molecule has 0 saturated carbocycles. The fraction of sp³-hybridized carbons (Fsp3) is 0.192. The third-order valence-electron chi connectivity index (χ3n) is 5.99. The molecule has 5 rings (SSSR count). The highest BCUT2D eigenvalue weighted by Crippen LogP contribution is 2.44. The minimum absolute atomic E-state index is 0.0877. The van der Waals surface area contributed by atoms with E-state index in [0.717, 1.165) is 22.4 Å². The van der Waals surface area contributed by atoms with Crippen LogP contribution in [-0.4, -0.2) is 27.8 Å². The largest absolute Gasteiger partial charge is 0.496 e. The molecule has 6 nitrogen and oxygen atoms in total. The van der Waals surface area contributed by atoms with Crippen LogP contribution in [-0.2, 0) is 0 Å². The summed E-state index contributed by atoms with van der Waals surface area (Å²) in [5.74, 6) is 1.24. The highest BCUT2D eigenvalue weighted by Gasteiger charge is 2.40. The van der Waals surface area contributed by atoms with Gasteiger partial charge in [-0.15, -0.1) is 0 Å². The van der Waals surface area contributed by atoms with Crippen LogP contribution in [0.25, 0.3) is 0 Å². The summed E-state index contributed by atoms with van der Waals surface area (Å²) in [6.45, 7) is 1.99. The number of methoxy groups -OCH3 is 1. The van der Waals surface area contributed by atoms with Crippen molar-refractivity contribution in [2.45, 2.75) is 25.4 Å². The predicted molar refractivity (Wildman–Crippen MR) is 123 cm³/mol. The number of anilines is 1. The lowest BCUT2D eigenvalue weighted by atomic mass is 9.91. The zero-order valence-electron chi connectivity index (χ0n) is 18.1. The number of para-hydroxylation sites is 1. The molecule has 1 aliphatic heterocycles. The summed E-state index contributed by atoms with van der Waals surface area (Å²) in [6, 6.07) is 25.4. The molecule has 0 spiro atoms. The molecule has 2 heterocycles. The fourth-order valence-corrected chi connectivity index (χ4v) is 4.50. The number of carbonyl (C=O) groups is 1. The van der Waals surface area contributed by atoms with Crippen molar-refractivity contribution in [1.29, 1.82) is 0 Å². The van der Waals surface area contributed by atoms with Crippen LogP contribution < -0.4 is 9.64 Å². The quantitative estimate of drug-likeness (QED) is 0.464. The van der Waals surface area contributed by atoms with Gasteiger partial charge < -0.3 is 4.74 Å².